The lowest BCUT2D eigenvalue weighted by Crippen LogP contribution is -2.18. The molecule has 132 valence electrons. The van der Waals surface area contributed by atoms with Gasteiger partial charge in [0.15, 0.2) is 0 Å². The predicted molar refractivity (Wildman–Crippen MR) is 84.8 cm³/mol. The summed E-state index contributed by atoms with van der Waals surface area (Å²) in [5, 5.41) is 0. The van der Waals surface area contributed by atoms with Crippen LogP contribution in [0.4, 0.5) is 8.78 Å². The molecule has 0 spiro atoms. The van der Waals surface area contributed by atoms with Crippen LogP contribution in [0.1, 0.15) is 24.8 Å². The number of carbonyl (C=O) groups excluding carboxylic acids is 1. The van der Waals surface area contributed by atoms with Crippen LogP contribution in [0.2, 0.25) is 0 Å². The molecule has 0 amide bonds. The fourth-order valence-electron chi connectivity index (χ4n) is 2.53. The summed E-state index contributed by atoms with van der Waals surface area (Å²) in [6.07, 6.45) is 0.313. The van der Waals surface area contributed by atoms with Crippen molar-refractivity contribution in [1.29, 1.82) is 0 Å². The lowest BCUT2D eigenvalue weighted by Gasteiger charge is -2.21. The molecule has 1 atom stereocenters. The van der Waals surface area contributed by atoms with Crippen molar-refractivity contribution in [3.8, 4) is 17.2 Å². The van der Waals surface area contributed by atoms with Crippen LogP contribution < -0.4 is 9.47 Å². The number of alkyl halides is 2. The third kappa shape index (κ3) is 3.48. The molecule has 1 aliphatic heterocycles. The lowest BCUT2D eigenvalue weighted by molar-refractivity contribution is -0.135. The van der Waals surface area contributed by atoms with Gasteiger partial charge in [-0.2, -0.15) is 8.78 Å². The Balaban J connectivity index is 1.82. The van der Waals surface area contributed by atoms with E-state index in [-0.39, 0.29) is 17.6 Å². The molecule has 0 aromatic heterocycles. The number of sulfone groups is 1. The quantitative estimate of drug-likeness (QED) is 0.605. The van der Waals surface area contributed by atoms with Gasteiger partial charge in [-0.25, -0.2) is 8.42 Å². The second-order valence-electron chi connectivity index (χ2n) is 5.66. The van der Waals surface area contributed by atoms with Gasteiger partial charge in [-0.15, -0.1) is 0 Å². The number of halogens is 2. The fraction of sp³-hybridized carbons (Fsp3) is 0.235. The summed E-state index contributed by atoms with van der Waals surface area (Å²) in [4.78, 5) is 11.0. The number of benzene rings is 2. The maximum absolute atomic E-state index is 12.5. The minimum Gasteiger partial charge on any atom is -0.457 e. The molecule has 0 saturated carbocycles. The van der Waals surface area contributed by atoms with Crippen molar-refractivity contribution < 1.29 is 31.5 Å². The molecule has 3 rings (SSSR count). The molecule has 0 fully saturated rings. The zero-order valence-corrected chi connectivity index (χ0v) is 13.9. The van der Waals surface area contributed by atoms with Gasteiger partial charge in [0.1, 0.15) is 17.2 Å². The minimum atomic E-state index is -4.64. The van der Waals surface area contributed by atoms with E-state index in [0.29, 0.717) is 17.9 Å². The highest BCUT2D eigenvalue weighted by atomic mass is 32.2. The van der Waals surface area contributed by atoms with E-state index in [9.17, 15) is 22.0 Å². The maximum Gasteiger partial charge on any atom is 0.341 e. The molecule has 25 heavy (non-hydrogen) atoms. The van der Waals surface area contributed by atoms with Crippen LogP contribution in [0.5, 0.6) is 17.2 Å². The van der Waals surface area contributed by atoms with Gasteiger partial charge >= 0.3 is 11.7 Å². The molecular formula is C17H14F2O5S. The third-order valence-electron chi connectivity index (χ3n) is 3.84. The summed E-state index contributed by atoms with van der Waals surface area (Å²) >= 11 is 0. The van der Waals surface area contributed by atoms with Gasteiger partial charge in [0.2, 0.25) is 9.84 Å². The molecule has 0 N–H and O–H groups in total. The van der Waals surface area contributed by atoms with E-state index in [0.717, 1.165) is 17.7 Å². The average Bonchev–Trinajstić information content (AvgIpc) is 2.54. The van der Waals surface area contributed by atoms with Gasteiger partial charge < -0.3 is 9.47 Å². The molecule has 0 bridgehead atoms. The van der Waals surface area contributed by atoms with E-state index in [1.54, 1.807) is 18.2 Å². The molecule has 1 unspecified atom stereocenters. The van der Waals surface area contributed by atoms with E-state index >= 15 is 0 Å². The largest absolute Gasteiger partial charge is 0.457 e. The Morgan fingerprint density at radius 2 is 1.76 bits per heavy atom. The van der Waals surface area contributed by atoms with Crippen molar-refractivity contribution >= 4 is 15.8 Å². The first kappa shape index (κ1) is 17.3. The summed E-state index contributed by atoms with van der Waals surface area (Å²) in [7, 11) is -4.64. The topological polar surface area (TPSA) is 69.7 Å². The number of rotatable bonds is 4. The molecule has 5 nitrogen and oxygen atoms in total. The SMILES string of the molecule is CC1CC(=O)Oc2cc(Oc3ccc(S(=O)(=O)C(F)F)cc3)ccc21. The van der Waals surface area contributed by atoms with Crippen LogP contribution in [0.3, 0.4) is 0 Å². The molecule has 2 aromatic rings. The van der Waals surface area contributed by atoms with Crippen LogP contribution >= 0.6 is 0 Å². The number of fused-ring (bicyclic) bond motifs is 1. The van der Waals surface area contributed by atoms with Crippen molar-refractivity contribution in [3.05, 3.63) is 48.0 Å². The van der Waals surface area contributed by atoms with E-state index in [1.165, 1.54) is 12.1 Å². The first-order chi connectivity index (χ1) is 11.8. The molecule has 0 saturated heterocycles. The zero-order valence-electron chi connectivity index (χ0n) is 13.1. The van der Waals surface area contributed by atoms with Crippen LogP contribution in [-0.4, -0.2) is 20.1 Å². The Bertz CT molecular complexity index is 907. The van der Waals surface area contributed by atoms with Crippen molar-refractivity contribution in [2.45, 2.75) is 29.9 Å². The number of carbonyl (C=O) groups is 1. The summed E-state index contributed by atoms with van der Waals surface area (Å²) in [6, 6.07) is 9.71. The number of hydrogen-bond acceptors (Lipinski definition) is 5. The minimum absolute atomic E-state index is 0.0455. The smallest absolute Gasteiger partial charge is 0.341 e. The van der Waals surface area contributed by atoms with Crippen molar-refractivity contribution in [3.63, 3.8) is 0 Å². The highest BCUT2D eigenvalue weighted by Gasteiger charge is 2.26. The lowest BCUT2D eigenvalue weighted by atomic mass is 9.95. The van der Waals surface area contributed by atoms with Gasteiger partial charge in [0.25, 0.3) is 0 Å². The Hall–Kier alpha value is -2.48. The normalized spacial score (nSPS) is 17.1. The highest BCUT2D eigenvalue weighted by molar-refractivity contribution is 7.91. The Morgan fingerprint density at radius 3 is 2.40 bits per heavy atom. The van der Waals surface area contributed by atoms with E-state index in [4.69, 9.17) is 9.47 Å². The number of hydrogen-bond donors (Lipinski definition) is 0. The Morgan fingerprint density at radius 1 is 1.12 bits per heavy atom. The van der Waals surface area contributed by atoms with Crippen LogP contribution in [-0.2, 0) is 14.6 Å². The van der Waals surface area contributed by atoms with Crippen LogP contribution in [0, 0.1) is 0 Å². The standard InChI is InChI=1S/C17H14F2O5S/c1-10-8-16(20)24-15-9-12(4-7-14(10)15)23-11-2-5-13(6-3-11)25(21,22)17(18)19/h2-7,9-10,17H,8H2,1H3. The van der Waals surface area contributed by atoms with Crippen molar-refractivity contribution in [2.75, 3.05) is 0 Å². The average molecular weight is 368 g/mol. The summed E-state index contributed by atoms with van der Waals surface area (Å²) in [6.45, 7) is 1.92. The summed E-state index contributed by atoms with van der Waals surface area (Å²) < 4.78 is 58.5. The highest BCUT2D eigenvalue weighted by Crippen LogP contribution is 2.37. The van der Waals surface area contributed by atoms with Gasteiger partial charge in [-0.1, -0.05) is 13.0 Å². The molecular weight excluding hydrogens is 354 g/mol. The zero-order chi connectivity index (χ0) is 18.2. The molecule has 1 heterocycles. The molecule has 0 radical (unpaired) electrons. The van der Waals surface area contributed by atoms with Crippen molar-refractivity contribution in [1.82, 2.24) is 0 Å². The Kier molecular flexibility index (Phi) is 4.47. The number of esters is 1. The Labute approximate surface area is 143 Å². The molecule has 2 aromatic carbocycles. The van der Waals surface area contributed by atoms with Gasteiger partial charge in [-0.3, -0.25) is 4.79 Å². The second kappa shape index (κ2) is 6.44. The van der Waals surface area contributed by atoms with Gasteiger partial charge in [0, 0.05) is 6.07 Å². The van der Waals surface area contributed by atoms with E-state index in [1.807, 2.05) is 6.92 Å². The fourth-order valence-corrected chi connectivity index (χ4v) is 3.26. The van der Waals surface area contributed by atoms with Gasteiger partial charge in [0.05, 0.1) is 11.3 Å². The van der Waals surface area contributed by atoms with Gasteiger partial charge in [-0.05, 0) is 41.8 Å². The predicted octanol–water partition coefficient (Wildman–Crippen LogP) is 3.89. The third-order valence-corrected chi connectivity index (χ3v) is 5.23. The van der Waals surface area contributed by atoms with Crippen molar-refractivity contribution in [2.24, 2.45) is 0 Å². The first-order valence-electron chi connectivity index (χ1n) is 7.42. The summed E-state index contributed by atoms with van der Waals surface area (Å²) in [5.74, 6) is -2.69. The van der Waals surface area contributed by atoms with Crippen LogP contribution in [0.25, 0.3) is 0 Å². The molecule has 1 aliphatic rings. The second-order valence-corrected chi connectivity index (χ2v) is 7.58. The first-order valence-corrected chi connectivity index (χ1v) is 8.96. The number of ether oxygens (including phenoxy) is 2. The monoisotopic (exact) mass is 368 g/mol. The van der Waals surface area contributed by atoms with Crippen LogP contribution in [0.15, 0.2) is 47.4 Å². The van der Waals surface area contributed by atoms with E-state index < -0.39 is 20.5 Å². The van der Waals surface area contributed by atoms with E-state index in [2.05, 4.69) is 0 Å². The molecule has 8 heteroatoms. The molecule has 0 aliphatic carbocycles. The summed E-state index contributed by atoms with van der Waals surface area (Å²) in [5.41, 5.74) is 0.894. The maximum atomic E-state index is 12.5.